The summed E-state index contributed by atoms with van der Waals surface area (Å²) in [6.45, 7) is -0.390. The topological polar surface area (TPSA) is 76.3 Å². The van der Waals surface area contributed by atoms with Gasteiger partial charge in [-0.05, 0) is 30.3 Å². The van der Waals surface area contributed by atoms with E-state index in [1.54, 1.807) is 31.3 Å². The van der Waals surface area contributed by atoms with E-state index in [0.29, 0.717) is 11.2 Å². The summed E-state index contributed by atoms with van der Waals surface area (Å²) in [5, 5.41) is 2.53. The molecule has 0 aliphatic rings. The van der Waals surface area contributed by atoms with Crippen LogP contribution in [0, 0.1) is 5.82 Å². The molecule has 0 radical (unpaired) electrons. The Morgan fingerprint density at radius 1 is 1.11 bits per heavy atom. The molecular weight excluding hydrogens is 351 g/mol. The number of benzene rings is 2. The van der Waals surface area contributed by atoms with Gasteiger partial charge in [0.1, 0.15) is 12.4 Å². The Kier molecular flexibility index (Phi) is 5.07. The molecule has 0 atom stereocenters. The number of carbonyl (C=O) groups is 2. The van der Waals surface area contributed by atoms with Crippen LogP contribution in [-0.2, 0) is 23.2 Å². The molecule has 0 saturated carbocycles. The first kappa shape index (κ1) is 18.4. The fraction of sp³-hybridized carbons (Fsp3) is 0.211. The van der Waals surface area contributed by atoms with E-state index in [2.05, 4.69) is 5.32 Å². The highest BCUT2D eigenvalue weighted by molar-refractivity contribution is 5.94. The van der Waals surface area contributed by atoms with E-state index in [-0.39, 0.29) is 24.7 Å². The highest BCUT2D eigenvalue weighted by Crippen LogP contribution is 2.12. The monoisotopic (exact) mass is 370 g/mol. The maximum absolute atomic E-state index is 13.2. The summed E-state index contributed by atoms with van der Waals surface area (Å²) in [6.07, 6.45) is 0. The Labute approximate surface area is 154 Å². The number of nitrogens with one attached hydrogen (secondary N) is 1. The van der Waals surface area contributed by atoms with E-state index < -0.39 is 11.7 Å². The first-order valence-corrected chi connectivity index (χ1v) is 8.30. The second kappa shape index (κ2) is 7.45. The molecular formula is C19H19FN4O3. The minimum Gasteiger partial charge on any atom is -0.335 e. The molecule has 0 saturated heterocycles. The molecule has 3 aromatic rings. The van der Waals surface area contributed by atoms with Gasteiger partial charge in [0.25, 0.3) is 0 Å². The maximum atomic E-state index is 13.2. The van der Waals surface area contributed by atoms with Crippen molar-refractivity contribution in [2.24, 2.45) is 7.05 Å². The zero-order chi connectivity index (χ0) is 19.6. The highest BCUT2D eigenvalue weighted by atomic mass is 19.1. The number of rotatable bonds is 5. The van der Waals surface area contributed by atoms with Crippen molar-refractivity contribution in [3.05, 3.63) is 64.8 Å². The third-order valence-corrected chi connectivity index (χ3v) is 4.26. The lowest BCUT2D eigenvalue weighted by Crippen LogP contribution is -2.38. The van der Waals surface area contributed by atoms with Crippen molar-refractivity contribution >= 4 is 28.5 Å². The van der Waals surface area contributed by atoms with Gasteiger partial charge in [-0.3, -0.25) is 18.7 Å². The first-order valence-electron chi connectivity index (χ1n) is 8.30. The fourth-order valence-electron chi connectivity index (χ4n) is 2.84. The predicted molar refractivity (Wildman–Crippen MR) is 99.8 cm³/mol. The lowest BCUT2D eigenvalue weighted by atomic mass is 10.3. The van der Waals surface area contributed by atoms with Crippen LogP contribution in [0.2, 0.25) is 0 Å². The molecule has 140 valence electrons. The highest BCUT2D eigenvalue weighted by Gasteiger charge is 2.17. The molecule has 0 spiro atoms. The number of amides is 2. The van der Waals surface area contributed by atoms with E-state index in [0.717, 1.165) is 5.52 Å². The quantitative estimate of drug-likeness (QED) is 0.741. The van der Waals surface area contributed by atoms with Gasteiger partial charge in [0, 0.05) is 19.8 Å². The maximum Gasteiger partial charge on any atom is 0.329 e. The van der Waals surface area contributed by atoms with Gasteiger partial charge >= 0.3 is 5.69 Å². The van der Waals surface area contributed by atoms with Crippen molar-refractivity contribution in [3.63, 3.8) is 0 Å². The standard InChI is InChI=1S/C19H19FN4O3/c1-22(11-17(25)21-14-7-5-6-13(20)10-14)18(26)12-24-16-9-4-3-8-15(16)23(2)19(24)27/h3-10H,11-12H2,1-2H3,(H,21,25). The normalized spacial score (nSPS) is 10.8. The number of para-hydroxylation sites is 2. The van der Waals surface area contributed by atoms with Crippen LogP contribution in [0.5, 0.6) is 0 Å². The summed E-state index contributed by atoms with van der Waals surface area (Å²) in [5.74, 6) is -1.31. The number of halogens is 1. The minimum absolute atomic E-state index is 0.177. The largest absolute Gasteiger partial charge is 0.335 e. The molecule has 0 aliphatic heterocycles. The molecule has 3 rings (SSSR count). The van der Waals surface area contributed by atoms with E-state index >= 15 is 0 Å². The van der Waals surface area contributed by atoms with Crippen LogP contribution in [0.25, 0.3) is 11.0 Å². The molecule has 2 aromatic carbocycles. The Morgan fingerprint density at radius 3 is 2.52 bits per heavy atom. The van der Waals surface area contributed by atoms with Gasteiger partial charge in [-0.15, -0.1) is 0 Å². The number of hydrogen-bond acceptors (Lipinski definition) is 3. The number of aromatic nitrogens is 2. The Morgan fingerprint density at radius 2 is 1.81 bits per heavy atom. The van der Waals surface area contributed by atoms with Crippen molar-refractivity contribution in [1.82, 2.24) is 14.0 Å². The third kappa shape index (κ3) is 3.89. The summed E-state index contributed by atoms with van der Waals surface area (Å²) < 4.78 is 16.0. The number of fused-ring (bicyclic) bond motifs is 1. The number of carbonyl (C=O) groups excluding carboxylic acids is 2. The Hall–Kier alpha value is -3.42. The van der Waals surface area contributed by atoms with Crippen molar-refractivity contribution < 1.29 is 14.0 Å². The van der Waals surface area contributed by atoms with Crippen molar-refractivity contribution in [2.45, 2.75) is 6.54 Å². The van der Waals surface area contributed by atoms with Crippen LogP contribution < -0.4 is 11.0 Å². The summed E-state index contributed by atoms with van der Waals surface area (Å²) in [4.78, 5) is 38.2. The Bertz CT molecular complexity index is 1070. The number of anilines is 1. The minimum atomic E-state index is -0.465. The van der Waals surface area contributed by atoms with Gasteiger partial charge in [-0.1, -0.05) is 18.2 Å². The predicted octanol–water partition coefficient (Wildman–Crippen LogP) is 1.58. The zero-order valence-electron chi connectivity index (χ0n) is 15.0. The number of imidazole rings is 1. The van der Waals surface area contributed by atoms with Crippen LogP contribution in [-0.4, -0.2) is 39.4 Å². The Balaban J connectivity index is 1.69. The van der Waals surface area contributed by atoms with Crippen LogP contribution in [0.1, 0.15) is 0 Å². The first-order chi connectivity index (χ1) is 12.9. The lowest BCUT2D eigenvalue weighted by Gasteiger charge is -2.17. The second-order valence-corrected chi connectivity index (χ2v) is 6.22. The van der Waals surface area contributed by atoms with E-state index in [9.17, 15) is 18.8 Å². The number of hydrogen-bond donors (Lipinski definition) is 1. The summed E-state index contributed by atoms with van der Waals surface area (Å²) in [7, 11) is 3.12. The molecule has 27 heavy (non-hydrogen) atoms. The van der Waals surface area contributed by atoms with Crippen molar-refractivity contribution in [1.29, 1.82) is 0 Å². The van der Waals surface area contributed by atoms with Crippen molar-refractivity contribution in [2.75, 3.05) is 18.9 Å². The van der Waals surface area contributed by atoms with Crippen LogP contribution in [0.15, 0.2) is 53.3 Å². The number of aryl methyl sites for hydroxylation is 1. The summed E-state index contributed by atoms with van der Waals surface area (Å²) in [5.41, 5.74) is 1.38. The SMILES string of the molecule is CN(CC(=O)Nc1cccc(F)c1)C(=O)Cn1c(=O)n(C)c2ccccc21. The molecule has 8 heteroatoms. The number of nitrogens with zero attached hydrogens (tertiary/aromatic N) is 3. The van der Waals surface area contributed by atoms with E-state index in [1.165, 1.54) is 39.3 Å². The summed E-state index contributed by atoms with van der Waals surface area (Å²) in [6, 6.07) is 12.7. The number of likely N-dealkylation sites (N-methyl/N-ethyl adjacent to an activating group) is 1. The van der Waals surface area contributed by atoms with Crippen LogP contribution >= 0.6 is 0 Å². The third-order valence-electron chi connectivity index (χ3n) is 4.26. The van der Waals surface area contributed by atoms with Gasteiger partial charge in [0.2, 0.25) is 11.8 Å². The van der Waals surface area contributed by atoms with Gasteiger partial charge in [-0.2, -0.15) is 0 Å². The van der Waals surface area contributed by atoms with E-state index in [1.807, 2.05) is 6.07 Å². The van der Waals surface area contributed by atoms with Crippen LogP contribution in [0.3, 0.4) is 0 Å². The molecule has 7 nitrogen and oxygen atoms in total. The van der Waals surface area contributed by atoms with Crippen LogP contribution in [0.4, 0.5) is 10.1 Å². The lowest BCUT2D eigenvalue weighted by molar-refractivity contribution is -0.133. The molecule has 0 aliphatic carbocycles. The fourth-order valence-corrected chi connectivity index (χ4v) is 2.84. The van der Waals surface area contributed by atoms with E-state index in [4.69, 9.17) is 0 Å². The zero-order valence-corrected chi connectivity index (χ0v) is 15.0. The molecule has 2 amide bonds. The second-order valence-electron chi connectivity index (χ2n) is 6.22. The van der Waals surface area contributed by atoms with Gasteiger partial charge < -0.3 is 10.2 Å². The molecule has 1 N–H and O–H groups in total. The summed E-state index contributed by atoms with van der Waals surface area (Å²) >= 11 is 0. The molecule has 0 fully saturated rings. The molecule has 0 bridgehead atoms. The average Bonchev–Trinajstić information content (AvgIpc) is 2.87. The average molecular weight is 370 g/mol. The molecule has 1 heterocycles. The van der Waals surface area contributed by atoms with Gasteiger partial charge in [-0.25, -0.2) is 9.18 Å². The van der Waals surface area contributed by atoms with Gasteiger partial charge in [0.15, 0.2) is 0 Å². The van der Waals surface area contributed by atoms with Crippen molar-refractivity contribution in [3.8, 4) is 0 Å². The molecule has 1 aromatic heterocycles. The smallest absolute Gasteiger partial charge is 0.329 e. The van der Waals surface area contributed by atoms with Gasteiger partial charge in [0.05, 0.1) is 17.6 Å². The molecule has 0 unspecified atom stereocenters.